The van der Waals surface area contributed by atoms with Gasteiger partial charge in [-0.2, -0.15) is 4.31 Å². The maximum Gasteiger partial charge on any atom is 0.309 e. The van der Waals surface area contributed by atoms with E-state index in [9.17, 15) is 28.1 Å². The summed E-state index contributed by atoms with van der Waals surface area (Å²) in [7, 11) is -3.84. The predicted molar refractivity (Wildman–Crippen MR) is 136 cm³/mol. The summed E-state index contributed by atoms with van der Waals surface area (Å²) in [6.45, 7) is 2.22. The van der Waals surface area contributed by atoms with E-state index in [1.807, 2.05) is 0 Å². The highest BCUT2D eigenvalue weighted by atomic mass is 79.9. The van der Waals surface area contributed by atoms with Crippen LogP contribution in [-0.4, -0.2) is 55.6 Å². The monoisotopic (exact) mass is 631 g/mol. The molecule has 13 heteroatoms. The van der Waals surface area contributed by atoms with Crippen LogP contribution in [0, 0.1) is 16.0 Å². The first kappa shape index (κ1) is 27.2. The molecule has 3 rings (SSSR count). The number of non-ortho nitro benzene ring substituents is 1. The van der Waals surface area contributed by atoms with Gasteiger partial charge in [0.15, 0.2) is 5.78 Å². The van der Waals surface area contributed by atoms with Crippen LogP contribution in [0.4, 0.5) is 11.4 Å². The van der Waals surface area contributed by atoms with Crippen molar-refractivity contribution in [1.82, 2.24) is 4.31 Å². The van der Waals surface area contributed by atoms with E-state index in [1.165, 1.54) is 40.7 Å². The van der Waals surface area contributed by atoms with Crippen molar-refractivity contribution >= 4 is 65.0 Å². The molecule has 0 aliphatic carbocycles. The molecule has 2 aromatic carbocycles. The minimum atomic E-state index is -3.84. The molecule has 1 heterocycles. The van der Waals surface area contributed by atoms with Gasteiger partial charge in [0.25, 0.3) is 5.69 Å². The van der Waals surface area contributed by atoms with E-state index in [0.717, 1.165) is 0 Å². The molecule has 0 bridgehead atoms. The second kappa shape index (κ2) is 11.6. The number of halogens is 2. The number of benzene rings is 2. The van der Waals surface area contributed by atoms with Crippen molar-refractivity contribution in [3.05, 3.63) is 61.0 Å². The lowest BCUT2D eigenvalue weighted by Gasteiger charge is -2.30. The molecule has 0 aromatic heterocycles. The number of nitrogens with one attached hydrogen (secondary N) is 1. The van der Waals surface area contributed by atoms with E-state index >= 15 is 0 Å². The lowest BCUT2D eigenvalue weighted by Crippen LogP contribution is -2.40. The molecule has 1 saturated heterocycles. The largest absolute Gasteiger partial charge is 0.466 e. The van der Waals surface area contributed by atoms with Crippen LogP contribution in [0.25, 0.3) is 0 Å². The van der Waals surface area contributed by atoms with Gasteiger partial charge in [-0.3, -0.25) is 19.7 Å². The number of nitro benzene ring substituents is 1. The smallest absolute Gasteiger partial charge is 0.309 e. The van der Waals surface area contributed by atoms with Gasteiger partial charge in [0.05, 0.1) is 34.6 Å². The minimum absolute atomic E-state index is 0.00404. The van der Waals surface area contributed by atoms with Gasteiger partial charge in [-0.1, -0.05) is 12.1 Å². The Kier molecular flexibility index (Phi) is 9.02. The summed E-state index contributed by atoms with van der Waals surface area (Å²) in [4.78, 5) is 35.2. The minimum Gasteiger partial charge on any atom is -0.466 e. The quantitative estimate of drug-likeness (QED) is 0.186. The third kappa shape index (κ3) is 6.46. The average molecular weight is 633 g/mol. The molecule has 10 nitrogen and oxygen atoms in total. The molecule has 2 aromatic rings. The topological polar surface area (TPSA) is 136 Å². The SMILES string of the molecule is CCOC(=O)C1CCN(S(=O)(=O)c2cccc(C(=O)CNc3c(Br)cc([N+](=O)[O-])cc3Br)c2)CC1. The highest BCUT2D eigenvalue weighted by Gasteiger charge is 2.33. The third-order valence-electron chi connectivity index (χ3n) is 5.53. The summed E-state index contributed by atoms with van der Waals surface area (Å²) in [6, 6.07) is 8.42. The van der Waals surface area contributed by atoms with Crippen molar-refractivity contribution in [2.75, 3.05) is 31.6 Å². The number of carbonyl (C=O) groups is 2. The molecule has 0 unspecified atom stereocenters. The Morgan fingerprint density at radius 2 is 1.80 bits per heavy atom. The number of sulfonamides is 1. The van der Waals surface area contributed by atoms with Crippen molar-refractivity contribution in [3.8, 4) is 0 Å². The Hall–Kier alpha value is -2.35. The number of nitrogens with zero attached hydrogens (tertiary/aromatic N) is 2. The molecule has 0 radical (unpaired) electrons. The molecule has 1 aliphatic heterocycles. The lowest BCUT2D eigenvalue weighted by atomic mass is 9.98. The van der Waals surface area contributed by atoms with Gasteiger partial charge >= 0.3 is 5.97 Å². The molecule has 0 spiro atoms. The zero-order valence-electron chi connectivity index (χ0n) is 18.7. The number of ether oxygens (including phenoxy) is 1. The van der Waals surface area contributed by atoms with Crippen LogP contribution in [0.1, 0.15) is 30.1 Å². The van der Waals surface area contributed by atoms with Crippen LogP contribution in [0.5, 0.6) is 0 Å². The van der Waals surface area contributed by atoms with Crippen LogP contribution in [0.2, 0.25) is 0 Å². The Balaban J connectivity index is 1.69. The molecule has 0 atom stereocenters. The number of rotatable bonds is 9. The van der Waals surface area contributed by atoms with E-state index in [0.29, 0.717) is 27.5 Å². The molecule has 0 saturated carbocycles. The number of carbonyl (C=O) groups excluding carboxylic acids is 2. The first-order chi connectivity index (χ1) is 16.5. The zero-order valence-corrected chi connectivity index (χ0v) is 22.7. The van der Waals surface area contributed by atoms with Crippen molar-refractivity contribution in [2.24, 2.45) is 5.92 Å². The molecule has 0 amide bonds. The summed E-state index contributed by atoms with van der Waals surface area (Å²) < 4.78 is 33.4. The van der Waals surface area contributed by atoms with Gasteiger partial charge in [-0.05, 0) is 63.8 Å². The molecule has 188 valence electrons. The van der Waals surface area contributed by atoms with Crippen molar-refractivity contribution in [1.29, 1.82) is 0 Å². The average Bonchev–Trinajstić information content (AvgIpc) is 2.83. The first-order valence-corrected chi connectivity index (χ1v) is 13.7. The van der Waals surface area contributed by atoms with Gasteiger partial charge in [-0.15, -0.1) is 0 Å². The van der Waals surface area contributed by atoms with E-state index in [2.05, 4.69) is 37.2 Å². The second-order valence-electron chi connectivity index (χ2n) is 7.78. The lowest BCUT2D eigenvalue weighted by molar-refractivity contribution is -0.385. The molecule has 1 fully saturated rings. The number of anilines is 1. The normalized spacial score (nSPS) is 14.9. The van der Waals surface area contributed by atoms with Crippen LogP contribution < -0.4 is 5.32 Å². The van der Waals surface area contributed by atoms with Gasteiger partial charge in [-0.25, -0.2) is 8.42 Å². The predicted octanol–water partition coefficient (Wildman–Crippen LogP) is 4.38. The fraction of sp³-hybridized carbons (Fsp3) is 0.364. The van der Waals surface area contributed by atoms with Crippen LogP contribution in [0.15, 0.2) is 50.2 Å². The summed E-state index contributed by atoms with van der Waals surface area (Å²) in [5, 5.41) is 13.9. The number of ketones is 1. The van der Waals surface area contributed by atoms with Crippen molar-refractivity contribution in [3.63, 3.8) is 0 Å². The van der Waals surface area contributed by atoms with Crippen molar-refractivity contribution in [2.45, 2.75) is 24.7 Å². The van der Waals surface area contributed by atoms with Gasteiger partial charge in [0, 0.05) is 39.7 Å². The zero-order chi connectivity index (χ0) is 25.8. The van der Waals surface area contributed by atoms with Crippen molar-refractivity contribution < 1.29 is 27.7 Å². The third-order valence-corrected chi connectivity index (χ3v) is 8.68. The maximum absolute atomic E-state index is 13.1. The van der Waals surface area contributed by atoms with E-state index in [1.54, 1.807) is 6.92 Å². The molecular formula is C22H23Br2N3O7S. The summed E-state index contributed by atoms with van der Waals surface area (Å²) in [6.07, 6.45) is 0.749. The van der Waals surface area contributed by atoms with E-state index < -0.39 is 14.9 Å². The summed E-state index contributed by atoms with van der Waals surface area (Å²) in [5.74, 6) is -0.991. The fourth-order valence-electron chi connectivity index (χ4n) is 3.68. The van der Waals surface area contributed by atoms with Crippen LogP contribution >= 0.6 is 31.9 Å². The number of piperidine rings is 1. The van der Waals surface area contributed by atoms with E-state index in [4.69, 9.17) is 4.74 Å². The van der Waals surface area contributed by atoms with Crippen LogP contribution in [0.3, 0.4) is 0 Å². The summed E-state index contributed by atoms with van der Waals surface area (Å²) >= 11 is 6.51. The first-order valence-electron chi connectivity index (χ1n) is 10.7. The molecular weight excluding hydrogens is 610 g/mol. The summed E-state index contributed by atoms with van der Waals surface area (Å²) in [5.41, 5.74) is 0.538. The van der Waals surface area contributed by atoms with Crippen LogP contribution in [-0.2, 0) is 19.6 Å². The van der Waals surface area contributed by atoms with Gasteiger partial charge < -0.3 is 10.1 Å². The molecule has 1 aliphatic rings. The molecule has 35 heavy (non-hydrogen) atoms. The standard InChI is InChI=1S/C22H23Br2N3O7S/c1-2-34-22(29)14-6-8-26(9-7-14)35(32,33)17-5-3-4-15(10-17)20(28)13-25-21-18(23)11-16(27(30)31)12-19(21)24/h3-5,10-12,14,25H,2,6-9,13H2,1H3. The number of hydrogen-bond donors (Lipinski definition) is 1. The Morgan fingerprint density at radius 3 is 2.37 bits per heavy atom. The maximum atomic E-state index is 13.1. The van der Waals surface area contributed by atoms with Gasteiger partial charge in [0.1, 0.15) is 0 Å². The highest BCUT2D eigenvalue weighted by Crippen LogP contribution is 2.35. The number of nitro groups is 1. The number of esters is 1. The Morgan fingerprint density at radius 1 is 1.17 bits per heavy atom. The highest BCUT2D eigenvalue weighted by molar-refractivity contribution is 9.11. The fourth-order valence-corrected chi connectivity index (χ4v) is 6.63. The second-order valence-corrected chi connectivity index (χ2v) is 11.4. The number of hydrogen-bond acceptors (Lipinski definition) is 8. The van der Waals surface area contributed by atoms with E-state index in [-0.39, 0.29) is 60.1 Å². The van der Waals surface area contributed by atoms with Gasteiger partial charge in [0.2, 0.25) is 10.0 Å². The molecule has 1 N–H and O–H groups in total. The Labute approximate surface area is 219 Å². The number of Topliss-reactive ketones (excluding diaryl/α,β-unsaturated/α-hetero) is 1. The Bertz CT molecular complexity index is 1220.